The molecule has 0 unspecified atom stereocenters. The molecule has 0 aliphatic rings. The van der Waals surface area contributed by atoms with Crippen LogP contribution in [0.15, 0.2) is 22.7 Å². The molecule has 14 heavy (non-hydrogen) atoms. The molecule has 1 aromatic rings. The molecule has 0 bridgehead atoms. The van der Waals surface area contributed by atoms with Crippen molar-refractivity contribution in [2.45, 2.75) is 13.3 Å². The minimum absolute atomic E-state index is 0.297. The molecule has 0 fully saturated rings. The lowest BCUT2D eigenvalue weighted by Gasteiger charge is -2.08. The Morgan fingerprint density at radius 3 is 2.86 bits per heavy atom. The summed E-state index contributed by atoms with van der Waals surface area (Å²) in [4.78, 5) is 10.3. The first-order valence-corrected chi connectivity index (χ1v) is 5.05. The van der Waals surface area contributed by atoms with Gasteiger partial charge in [0.05, 0.1) is 0 Å². The van der Waals surface area contributed by atoms with Crippen LogP contribution in [0.4, 0.5) is 0 Å². The second-order valence-electron chi connectivity index (χ2n) is 2.79. The highest BCUT2D eigenvalue weighted by Gasteiger charge is 2.04. The number of carboxylic acids is 1. The summed E-state index contributed by atoms with van der Waals surface area (Å²) in [5, 5.41) is 8.46. The molecule has 0 saturated carbocycles. The van der Waals surface area contributed by atoms with Crippen molar-refractivity contribution in [3.05, 3.63) is 28.2 Å². The van der Waals surface area contributed by atoms with E-state index in [0.717, 1.165) is 16.5 Å². The van der Waals surface area contributed by atoms with E-state index in [-0.39, 0.29) is 6.61 Å². The molecule has 0 amide bonds. The van der Waals surface area contributed by atoms with E-state index in [2.05, 4.69) is 15.9 Å². The van der Waals surface area contributed by atoms with E-state index in [1.807, 2.05) is 19.1 Å². The number of aryl methyl sites for hydroxylation is 1. The third-order valence-corrected chi connectivity index (χ3v) is 2.25. The van der Waals surface area contributed by atoms with Gasteiger partial charge in [-0.3, -0.25) is 0 Å². The first-order chi connectivity index (χ1) is 6.63. The van der Waals surface area contributed by atoms with E-state index in [0.29, 0.717) is 5.75 Å². The largest absolute Gasteiger partial charge is 0.482 e. The second-order valence-corrected chi connectivity index (χ2v) is 3.70. The molecule has 0 spiro atoms. The average Bonchev–Trinajstić information content (AvgIpc) is 2.15. The fraction of sp³-hybridized carbons (Fsp3) is 0.300. The van der Waals surface area contributed by atoms with Crippen LogP contribution in [-0.4, -0.2) is 17.7 Å². The third-order valence-electron chi connectivity index (χ3n) is 1.75. The first-order valence-electron chi connectivity index (χ1n) is 4.26. The van der Waals surface area contributed by atoms with Crippen molar-refractivity contribution in [3.8, 4) is 5.75 Å². The highest BCUT2D eigenvalue weighted by Crippen LogP contribution is 2.23. The molecule has 3 nitrogen and oxygen atoms in total. The van der Waals surface area contributed by atoms with Crippen LogP contribution in [0.1, 0.15) is 12.5 Å². The summed E-state index contributed by atoms with van der Waals surface area (Å²) in [5.41, 5.74) is 1.00. The summed E-state index contributed by atoms with van der Waals surface area (Å²) >= 11 is 3.35. The minimum Gasteiger partial charge on any atom is -0.482 e. The predicted octanol–water partition coefficient (Wildman–Crippen LogP) is 2.47. The van der Waals surface area contributed by atoms with Crippen molar-refractivity contribution in [1.82, 2.24) is 0 Å². The van der Waals surface area contributed by atoms with Crippen molar-refractivity contribution in [2.24, 2.45) is 0 Å². The van der Waals surface area contributed by atoms with Gasteiger partial charge in [0.15, 0.2) is 6.61 Å². The fourth-order valence-electron chi connectivity index (χ4n) is 1.10. The van der Waals surface area contributed by atoms with E-state index >= 15 is 0 Å². The van der Waals surface area contributed by atoms with Gasteiger partial charge in [0, 0.05) is 4.47 Å². The summed E-state index contributed by atoms with van der Waals surface area (Å²) < 4.78 is 6.09. The monoisotopic (exact) mass is 258 g/mol. The molecule has 0 radical (unpaired) electrons. The molecule has 1 rings (SSSR count). The van der Waals surface area contributed by atoms with Crippen molar-refractivity contribution < 1.29 is 14.6 Å². The number of hydrogen-bond acceptors (Lipinski definition) is 2. The number of aliphatic carboxylic acids is 1. The molecular weight excluding hydrogens is 248 g/mol. The maximum absolute atomic E-state index is 10.3. The predicted molar refractivity (Wildman–Crippen MR) is 56.7 cm³/mol. The molecule has 0 saturated heterocycles. The van der Waals surface area contributed by atoms with Gasteiger partial charge >= 0.3 is 5.97 Å². The Hall–Kier alpha value is -1.03. The van der Waals surface area contributed by atoms with Crippen LogP contribution in [0, 0.1) is 0 Å². The molecule has 0 heterocycles. The van der Waals surface area contributed by atoms with E-state index in [4.69, 9.17) is 9.84 Å². The topological polar surface area (TPSA) is 46.5 Å². The van der Waals surface area contributed by atoms with Gasteiger partial charge in [0.1, 0.15) is 5.75 Å². The number of rotatable bonds is 4. The van der Waals surface area contributed by atoms with Crippen LogP contribution >= 0.6 is 15.9 Å². The number of benzene rings is 1. The normalized spacial score (nSPS) is 9.86. The smallest absolute Gasteiger partial charge is 0.341 e. The molecular formula is C10H11BrO3. The second kappa shape index (κ2) is 5.00. The Labute approximate surface area is 90.8 Å². The lowest BCUT2D eigenvalue weighted by Crippen LogP contribution is -2.10. The molecule has 0 aliphatic carbocycles. The number of carbonyl (C=O) groups is 1. The van der Waals surface area contributed by atoms with Crippen LogP contribution in [0.3, 0.4) is 0 Å². The zero-order valence-corrected chi connectivity index (χ0v) is 9.37. The maximum Gasteiger partial charge on any atom is 0.341 e. The van der Waals surface area contributed by atoms with E-state index in [1.165, 1.54) is 0 Å². The Kier molecular flexibility index (Phi) is 3.95. The van der Waals surface area contributed by atoms with Crippen molar-refractivity contribution in [3.63, 3.8) is 0 Å². The molecule has 1 N–H and O–H groups in total. The molecule has 1 aromatic carbocycles. The zero-order chi connectivity index (χ0) is 10.6. The van der Waals surface area contributed by atoms with Gasteiger partial charge in [-0.05, 0) is 30.2 Å². The Bertz CT molecular complexity index is 336. The van der Waals surface area contributed by atoms with Gasteiger partial charge in [-0.1, -0.05) is 22.9 Å². The van der Waals surface area contributed by atoms with E-state index in [1.54, 1.807) is 6.07 Å². The van der Waals surface area contributed by atoms with Crippen LogP contribution in [0.2, 0.25) is 0 Å². The fourth-order valence-corrected chi connectivity index (χ4v) is 1.51. The third kappa shape index (κ3) is 3.03. The van der Waals surface area contributed by atoms with Gasteiger partial charge in [0.25, 0.3) is 0 Å². The molecule has 4 heteroatoms. The van der Waals surface area contributed by atoms with Gasteiger partial charge in [-0.25, -0.2) is 4.79 Å². The molecule has 0 aliphatic heterocycles. The lowest BCUT2D eigenvalue weighted by molar-refractivity contribution is -0.139. The van der Waals surface area contributed by atoms with Gasteiger partial charge in [0.2, 0.25) is 0 Å². The summed E-state index contributed by atoms with van der Waals surface area (Å²) in [7, 11) is 0. The average molecular weight is 259 g/mol. The van der Waals surface area contributed by atoms with Gasteiger partial charge in [-0.2, -0.15) is 0 Å². The summed E-state index contributed by atoms with van der Waals surface area (Å²) in [6, 6.07) is 5.53. The Balaban J connectivity index is 2.80. The number of carboxylic acid groups (broad SMARTS) is 1. The van der Waals surface area contributed by atoms with Crippen LogP contribution in [0.25, 0.3) is 0 Å². The zero-order valence-electron chi connectivity index (χ0n) is 7.79. The molecule has 0 atom stereocenters. The summed E-state index contributed by atoms with van der Waals surface area (Å²) in [6.07, 6.45) is 0.814. The summed E-state index contributed by atoms with van der Waals surface area (Å²) in [6.45, 7) is 1.70. The number of halogens is 1. The maximum atomic E-state index is 10.3. The standard InChI is InChI=1S/C10H11BrO3/c1-2-7-5-8(11)3-4-9(7)14-6-10(12)13/h3-5H,2,6H2,1H3,(H,12,13). The van der Waals surface area contributed by atoms with Gasteiger partial charge in [-0.15, -0.1) is 0 Å². The molecule has 0 aromatic heterocycles. The SMILES string of the molecule is CCc1cc(Br)ccc1OCC(=O)O. The Morgan fingerprint density at radius 1 is 1.57 bits per heavy atom. The number of ether oxygens (including phenoxy) is 1. The van der Waals surface area contributed by atoms with Crippen LogP contribution < -0.4 is 4.74 Å². The van der Waals surface area contributed by atoms with Crippen LogP contribution in [-0.2, 0) is 11.2 Å². The van der Waals surface area contributed by atoms with Crippen molar-refractivity contribution >= 4 is 21.9 Å². The minimum atomic E-state index is -0.963. The van der Waals surface area contributed by atoms with Crippen molar-refractivity contribution in [1.29, 1.82) is 0 Å². The van der Waals surface area contributed by atoms with Gasteiger partial charge < -0.3 is 9.84 Å². The highest BCUT2D eigenvalue weighted by molar-refractivity contribution is 9.10. The summed E-state index contributed by atoms with van der Waals surface area (Å²) in [5.74, 6) is -0.326. The molecule has 76 valence electrons. The quantitative estimate of drug-likeness (QED) is 0.903. The van der Waals surface area contributed by atoms with Crippen LogP contribution in [0.5, 0.6) is 5.75 Å². The first kappa shape index (κ1) is 11.0. The van der Waals surface area contributed by atoms with E-state index in [9.17, 15) is 4.79 Å². The van der Waals surface area contributed by atoms with E-state index < -0.39 is 5.97 Å². The van der Waals surface area contributed by atoms with Crippen molar-refractivity contribution in [2.75, 3.05) is 6.61 Å². The lowest BCUT2D eigenvalue weighted by atomic mass is 10.1. The Morgan fingerprint density at radius 2 is 2.29 bits per heavy atom. The highest BCUT2D eigenvalue weighted by atomic mass is 79.9. The number of hydrogen-bond donors (Lipinski definition) is 1.